The zero-order valence-corrected chi connectivity index (χ0v) is 25.6. The van der Waals surface area contributed by atoms with Gasteiger partial charge in [-0.2, -0.15) is 0 Å². The summed E-state index contributed by atoms with van der Waals surface area (Å²) in [4.78, 5) is 2.45. The predicted octanol–water partition coefficient (Wildman–Crippen LogP) is 11.9. The zero-order valence-electron chi connectivity index (χ0n) is 25.6. The lowest BCUT2D eigenvalue weighted by Gasteiger charge is -2.39. The minimum absolute atomic E-state index is 0.486. The van der Waals surface area contributed by atoms with Gasteiger partial charge in [-0.15, -0.1) is 0 Å². The topological polar surface area (TPSA) is 12.5 Å². The Morgan fingerprint density at radius 3 is 1.51 bits per heavy atom. The first-order valence-electron chi connectivity index (χ1n) is 16.2. The van der Waals surface area contributed by atoms with E-state index in [9.17, 15) is 0 Å². The smallest absolute Gasteiger partial charge is 0.132 e. The van der Waals surface area contributed by atoms with Crippen LogP contribution in [0.2, 0.25) is 0 Å². The van der Waals surface area contributed by atoms with Gasteiger partial charge in [-0.25, -0.2) is 0 Å². The van der Waals surface area contributed by atoms with Gasteiger partial charge < -0.3 is 9.64 Å². The molecular formula is C45H29NO. The molecule has 0 atom stereocenters. The third kappa shape index (κ3) is 3.61. The third-order valence-corrected chi connectivity index (χ3v) is 10.1. The number of para-hydroxylation sites is 2. The second-order valence-electron chi connectivity index (χ2n) is 12.5. The van der Waals surface area contributed by atoms with E-state index in [0.29, 0.717) is 0 Å². The number of fused-ring (bicyclic) bond motifs is 11. The number of anilines is 3. The molecule has 8 aromatic rings. The van der Waals surface area contributed by atoms with Crippen molar-refractivity contribution in [1.29, 1.82) is 0 Å². The Balaban J connectivity index is 1.29. The van der Waals surface area contributed by atoms with Crippen molar-refractivity contribution >= 4 is 38.6 Å². The monoisotopic (exact) mass is 599 g/mol. The fourth-order valence-corrected chi connectivity index (χ4v) is 8.20. The largest absolute Gasteiger partial charge is 0.457 e. The first kappa shape index (κ1) is 26.1. The minimum Gasteiger partial charge on any atom is -0.457 e. The quantitative estimate of drug-likeness (QED) is 0.200. The van der Waals surface area contributed by atoms with Crippen molar-refractivity contribution in [1.82, 2.24) is 0 Å². The minimum atomic E-state index is -0.486. The number of benzene rings is 8. The molecule has 2 heteroatoms. The molecule has 0 saturated carbocycles. The van der Waals surface area contributed by atoms with E-state index in [1.54, 1.807) is 0 Å². The standard InChI is InChI=1S/C45H29NO/c1-3-17-33-30(13-1)15-11-23-41(33)46(42-24-12-16-31-14-2-4-18-34(31)42)32-27-28-38-36(29-32)35-19-5-6-20-37(35)45(38)39-21-7-9-25-43(39)47-44-26-10-8-22-40(44)45/h1-29H. The number of hydrogen-bond acceptors (Lipinski definition) is 2. The molecular weight excluding hydrogens is 571 g/mol. The second-order valence-corrected chi connectivity index (χ2v) is 12.5. The molecule has 1 heterocycles. The fraction of sp³-hybridized carbons (Fsp3) is 0.0222. The lowest BCUT2D eigenvalue weighted by molar-refractivity contribution is 0.436. The SMILES string of the molecule is c1ccc2c(c1)Oc1ccccc1C21c2ccccc2-c2cc(N(c3cccc4ccccc34)c3cccc4ccccc34)ccc21. The van der Waals surface area contributed by atoms with Crippen LogP contribution < -0.4 is 9.64 Å². The molecule has 0 fully saturated rings. The highest BCUT2D eigenvalue weighted by Crippen LogP contribution is 2.62. The highest BCUT2D eigenvalue weighted by molar-refractivity contribution is 6.05. The molecule has 2 nitrogen and oxygen atoms in total. The number of rotatable bonds is 3. The van der Waals surface area contributed by atoms with Crippen LogP contribution >= 0.6 is 0 Å². The van der Waals surface area contributed by atoms with Crippen LogP contribution in [0.1, 0.15) is 22.3 Å². The summed E-state index contributed by atoms with van der Waals surface area (Å²) < 4.78 is 6.55. The average molecular weight is 600 g/mol. The van der Waals surface area contributed by atoms with Crippen molar-refractivity contribution in [2.45, 2.75) is 5.41 Å². The summed E-state index contributed by atoms with van der Waals surface area (Å²) in [5.41, 5.74) is 10.4. The van der Waals surface area contributed by atoms with Crippen LogP contribution in [0.3, 0.4) is 0 Å². The van der Waals surface area contributed by atoms with Crippen molar-refractivity contribution < 1.29 is 4.74 Å². The van der Waals surface area contributed by atoms with E-state index in [2.05, 4.69) is 181 Å². The van der Waals surface area contributed by atoms with Crippen LogP contribution in [-0.2, 0) is 5.41 Å². The third-order valence-electron chi connectivity index (χ3n) is 10.1. The van der Waals surface area contributed by atoms with E-state index >= 15 is 0 Å². The van der Waals surface area contributed by atoms with Gasteiger partial charge in [0.05, 0.1) is 16.8 Å². The summed E-state index contributed by atoms with van der Waals surface area (Å²) >= 11 is 0. The van der Waals surface area contributed by atoms with Gasteiger partial charge in [0.15, 0.2) is 0 Å². The van der Waals surface area contributed by atoms with Gasteiger partial charge in [0.25, 0.3) is 0 Å². The Bertz CT molecular complexity index is 2390. The van der Waals surface area contributed by atoms with Crippen LogP contribution in [0.25, 0.3) is 32.7 Å². The summed E-state index contributed by atoms with van der Waals surface area (Å²) in [5, 5.41) is 4.87. The molecule has 0 bridgehead atoms. The lowest BCUT2D eigenvalue weighted by Crippen LogP contribution is -2.32. The van der Waals surface area contributed by atoms with E-state index in [4.69, 9.17) is 4.74 Å². The number of nitrogens with zero attached hydrogens (tertiary/aromatic N) is 1. The summed E-state index contributed by atoms with van der Waals surface area (Å²) in [6.45, 7) is 0. The van der Waals surface area contributed by atoms with Gasteiger partial charge in [-0.3, -0.25) is 0 Å². The van der Waals surface area contributed by atoms with Crippen molar-refractivity contribution in [3.63, 3.8) is 0 Å². The summed E-state index contributed by atoms with van der Waals surface area (Å²) in [6, 6.07) is 63.7. The number of ether oxygens (including phenoxy) is 1. The van der Waals surface area contributed by atoms with Gasteiger partial charge >= 0.3 is 0 Å². The Morgan fingerprint density at radius 1 is 0.383 bits per heavy atom. The first-order chi connectivity index (χ1) is 23.3. The maximum absolute atomic E-state index is 6.55. The van der Waals surface area contributed by atoms with Gasteiger partial charge in [0, 0.05) is 27.6 Å². The van der Waals surface area contributed by atoms with Gasteiger partial charge in [-0.05, 0) is 69.4 Å². The number of hydrogen-bond donors (Lipinski definition) is 0. The molecule has 0 radical (unpaired) electrons. The van der Waals surface area contributed by atoms with E-state index in [0.717, 1.165) is 28.6 Å². The first-order valence-corrected chi connectivity index (χ1v) is 16.2. The Hall–Kier alpha value is -6.12. The maximum Gasteiger partial charge on any atom is 0.132 e. The predicted molar refractivity (Wildman–Crippen MR) is 194 cm³/mol. The van der Waals surface area contributed by atoms with E-state index in [1.807, 2.05) is 0 Å². The van der Waals surface area contributed by atoms with Crippen molar-refractivity contribution in [3.8, 4) is 22.6 Å². The molecule has 0 saturated heterocycles. The van der Waals surface area contributed by atoms with Crippen molar-refractivity contribution in [2.24, 2.45) is 0 Å². The molecule has 1 aliphatic heterocycles. The highest BCUT2D eigenvalue weighted by atomic mass is 16.5. The summed E-state index contributed by atoms with van der Waals surface area (Å²) in [5.74, 6) is 1.82. The maximum atomic E-state index is 6.55. The van der Waals surface area contributed by atoms with Gasteiger partial charge in [-0.1, -0.05) is 140 Å². The highest BCUT2D eigenvalue weighted by Gasteiger charge is 2.51. The normalized spacial score (nSPS) is 13.4. The molecule has 2 aliphatic rings. The molecule has 47 heavy (non-hydrogen) atoms. The lowest BCUT2D eigenvalue weighted by atomic mass is 9.66. The van der Waals surface area contributed by atoms with Crippen molar-refractivity contribution in [2.75, 3.05) is 4.90 Å². The molecule has 0 aromatic heterocycles. The Kier molecular flexibility index (Phi) is 5.53. The zero-order chi connectivity index (χ0) is 31.0. The average Bonchev–Trinajstić information content (AvgIpc) is 3.42. The summed E-state index contributed by atoms with van der Waals surface area (Å²) in [7, 11) is 0. The van der Waals surface area contributed by atoms with Gasteiger partial charge in [0.2, 0.25) is 0 Å². The second kappa shape index (κ2) is 9.94. The molecule has 10 rings (SSSR count). The Labute approximate surface area is 273 Å². The molecule has 220 valence electrons. The molecule has 8 aromatic carbocycles. The molecule has 0 unspecified atom stereocenters. The summed E-state index contributed by atoms with van der Waals surface area (Å²) in [6.07, 6.45) is 0. The van der Waals surface area contributed by atoms with E-state index in [1.165, 1.54) is 54.9 Å². The molecule has 0 amide bonds. The van der Waals surface area contributed by atoms with Crippen LogP contribution in [0.4, 0.5) is 17.1 Å². The fourth-order valence-electron chi connectivity index (χ4n) is 8.20. The van der Waals surface area contributed by atoms with Crippen LogP contribution in [-0.4, -0.2) is 0 Å². The molecule has 0 N–H and O–H groups in total. The van der Waals surface area contributed by atoms with Crippen molar-refractivity contribution in [3.05, 3.63) is 198 Å². The van der Waals surface area contributed by atoms with E-state index in [-0.39, 0.29) is 0 Å². The van der Waals surface area contributed by atoms with Crippen LogP contribution in [0, 0.1) is 0 Å². The van der Waals surface area contributed by atoms with Gasteiger partial charge in [0.1, 0.15) is 11.5 Å². The van der Waals surface area contributed by atoms with E-state index < -0.39 is 5.41 Å². The van der Waals surface area contributed by atoms with Crippen LogP contribution in [0.15, 0.2) is 176 Å². The van der Waals surface area contributed by atoms with Crippen LogP contribution in [0.5, 0.6) is 11.5 Å². The molecule has 1 spiro atoms. The molecule has 1 aliphatic carbocycles. The Morgan fingerprint density at radius 2 is 0.872 bits per heavy atom.